The maximum Gasteiger partial charge on any atom is 0.239 e. The molecule has 1 unspecified atom stereocenters. The van der Waals surface area contributed by atoms with E-state index in [0.29, 0.717) is 12.4 Å². The predicted molar refractivity (Wildman–Crippen MR) is 79.0 cm³/mol. The molecule has 0 spiro atoms. The van der Waals surface area contributed by atoms with E-state index >= 15 is 0 Å². The lowest BCUT2D eigenvalue weighted by Crippen LogP contribution is -2.41. The van der Waals surface area contributed by atoms with Gasteiger partial charge in [-0.2, -0.15) is 0 Å². The largest absolute Gasteiger partial charge is 0.392 e. The zero-order valence-electron chi connectivity index (χ0n) is 11.4. The summed E-state index contributed by atoms with van der Waals surface area (Å²) in [6, 6.07) is 3.74. The highest BCUT2D eigenvalue weighted by atomic mass is 79.9. The van der Waals surface area contributed by atoms with E-state index in [-0.39, 0.29) is 18.5 Å². The van der Waals surface area contributed by atoms with Crippen LogP contribution in [0.2, 0.25) is 0 Å². The number of aliphatic hydroxyl groups excluding tert-OH is 1. The molecule has 0 radical (unpaired) electrons. The summed E-state index contributed by atoms with van der Waals surface area (Å²) in [5.41, 5.74) is 0. The van der Waals surface area contributed by atoms with Crippen molar-refractivity contribution < 1.29 is 9.90 Å². The molecule has 1 aromatic heterocycles. The Morgan fingerprint density at radius 2 is 2.16 bits per heavy atom. The molecule has 6 heteroatoms. The maximum atomic E-state index is 11.9. The van der Waals surface area contributed by atoms with Crippen molar-refractivity contribution in [1.82, 2.24) is 9.88 Å². The Kier molecular flexibility index (Phi) is 6.41. The summed E-state index contributed by atoms with van der Waals surface area (Å²) in [6.07, 6.45) is 1.17. The van der Waals surface area contributed by atoms with Gasteiger partial charge in [-0.25, -0.2) is 4.98 Å². The fourth-order valence-corrected chi connectivity index (χ4v) is 1.85. The first-order valence-corrected chi connectivity index (χ1v) is 7.01. The topological polar surface area (TPSA) is 65.5 Å². The van der Waals surface area contributed by atoms with Crippen molar-refractivity contribution in [3.63, 3.8) is 0 Å². The monoisotopic (exact) mass is 329 g/mol. The second kappa shape index (κ2) is 7.57. The number of rotatable bonds is 6. The normalized spacial score (nSPS) is 12.8. The molecule has 1 amide bonds. The second-order valence-corrected chi connectivity index (χ2v) is 5.70. The Labute approximate surface area is 122 Å². The Balaban J connectivity index is 2.55. The Hall–Kier alpha value is -0.980. The van der Waals surface area contributed by atoms with Crippen LogP contribution in [0.25, 0.3) is 0 Å². The van der Waals surface area contributed by atoms with Gasteiger partial charge in [0.25, 0.3) is 0 Å². The quantitative estimate of drug-likeness (QED) is 0.836. The molecule has 0 bridgehead atoms. The number of pyridine rings is 1. The number of carbonyl (C=O) groups excluding carboxylic acids is 1. The minimum absolute atomic E-state index is 0.135. The van der Waals surface area contributed by atoms with Crippen molar-refractivity contribution in [2.45, 2.75) is 32.9 Å². The van der Waals surface area contributed by atoms with Gasteiger partial charge in [-0.05, 0) is 48.8 Å². The third-order valence-corrected chi connectivity index (χ3v) is 3.04. The van der Waals surface area contributed by atoms with E-state index in [1.807, 2.05) is 24.8 Å². The molecule has 0 aliphatic heterocycles. The highest BCUT2D eigenvalue weighted by Gasteiger charge is 2.16. The average Bonchev–Trinajstić information content (AvgIpc) is 2.30. The van der Waals surface area contributed by atoms with Crippen molar-refractivity contribution >= 4 is 27.7 Å². The number of carbonyl (C=O) groups is 1. The zero-order chi connectivity index (χ0) is 14.4. The fourth-order valence-electron chi connectivity index (χ4n) is 1.61. The van der Waals surface area contributed by atoms with Gasteiger partial charge in [0.05, 0.1) is 12.6 Å². The summed E-state index contributed by atoms with van der Waals surface area (Å²) >= 11 is 3.29. The summed E-state index contributed by atoms with van der Waals surface area (Å²) in [5.74, 6) is 0.387. The lowest BCUT2D eigenvalue weighted by molar-refractivity contribution is -0.118. The number of anilines is 1. The molecule has 106 valence electrons. The van der Waals surface area contributed by atoms with E-state index in [2.05, 4.69) is 26.2 Å². The van der Waals surface area contributed by atoms with Crippen molar-refractivity contribution in [2.75, 3.05) is 18.4 Å². The van der Waals surface area contributed by atoms with Crippen LogP contribution in [0, 0.1) is 0 Å². The minimum Gasteiger partial charge on any atom is -0.392 e. The molecule has 0 aliphatic rings. The Bertz CT molecular complexity index is 407. The Morgan fingerprint density at radius 1 is 1.47 bits per heavy atom. The number of hydrogen-bond donors (Lipinski definition) is 2. The Morgan fingerprint density at radius 3 is 2.63 bits per heavy atom. The van der Waals surface area contributed by atoms with Crippen LogP contribution in [0.15, 0.2) is 22.8 Å². The number of aliphatic hydroxyl groups is 1. The van der Waals surface area contributed by atoms with Crippen molar-refractivity contribution in [3.05, 3.63) is 22.8 Å². The van der Waals surface area contributed by atoms with Crippen LogP contribution in [0.4, 0.5) is 5.82 Å². The first kappa shape index (κ1) is 16.1. The molecule has 0 saturated heterocycles. The molecule has 0 saturated carbocycles. The van der Waals surface area contributed by atoms with Crippen molar-refractivity contribution in [3.8, 4) is 0 Å². The summed E-state index contributed by atoms with van der Waals surface area (Å²) in [7, 11) is 0. The predicted octanol–water partition coefficient (Wildman–Crippen LogP) is 1.87. The third kappa shape index (κ3) is 6.13. The van der Waals surface area contributed by atoms with Gasteiger partial charge >= 0.3 is 0 Å². The molecule has 1 rings (SSSR count). The molecule has 2 N–H and O–H groups in total. The van der Waals surface area contributed by atoms with E-state index in [4.69, 9.17) is 0 Å². The smallest absolute Gasteiger partial charge is 0.239 e. The zero-order valence-corrected chi connectivity index (χ0v) is 13.0. The number of hydrogen-bond acceptors (Lipinski definition) is 4. The molecule has 0 aromatic carbocycles. The number of amides is 1. The van der Waals surface area contributed by atoms with Gasteiger partial charge in [-0.1, -0.05) is 0 Å². The van der Waals surface area contributed by atoms with Gasteiger partial charge in [-0.15, -0.1) is 0 Å². The van der Waals surface area contributed by atoms with Gasteiger partial charge in [0, 0.05) is 23.3 Å². The van der Waals surface area contributed by atoms with E-state index in [9.17, 15) is 9.90 Å². The van der Waals surface area contributed by atoms with Gasteiger partial charge in [0.15, 0.2) is 0 Å². The molecule has 5 nitrogen and oxygen atoms in total. The van der Waals surface area contributed by atoms with E-state index in [1.165, 1.54) is 0 Å². The molecule has 1 aromatic rings. The lowest BCUT2D eigenvalue weighted by Gasteiger charge is -2.26. The molecule has 0 fully saturated rings. The van der Waals surface area contributed by atoms with Crippen LogP contribution in [0.5, 0.6) is 0 Å². The minimum atomic E-state index is -0.457. The number of aromatic nitrogens is 1. The second-order valence-electron chi connectivity index (χ2n) is 4.78. The van der Waals surface area contributed by atoms with Crippen LogP contribution in [0.3, 0.4) is 0 Å². The van der Waals surface area contributed by atoms with Gasteiger partial charge in [0.1, 0.15) is 5.82 Å². The molecule has 1 atom stereocenters. The number of nitrogens with one attached hydrogen (secondary N) is 1. The standard InChI is InChI=1S/C13H20BrN3O2/c1-9(2)17(7-10(3)18)8-13(19)16-12-5-4-11(14)6-15-12/h4-6,9-10,18H,7-8H2,1-3H3,(H,15,16,19). The first-order valence-electron chi connectivity index (χ1n) is 6.22. The van der Waals surface area contributed by atoms with Crippen molar-refractivity contribution in [1.29, 1.82) is 0 Å². The lowest BCUT2D eigenvalue weighted by atomic mass is 10.2. The van der Waals surface area contributed by atoms with Crippen LogP contribution in [-0.2, 0) is 4.79 Å². The number of halogens is 1. The van der Waals surface area contributed by atoms with Crippen molar-refractivity contribution in [2.24, 2.45) is 0 Å². The van der Waals surface area contributed by atoms with Crippen LogP contribution in [-0.4, -0.2) is 46.1 Å². The van der Waals surface area contributed by atoms with E-state index in [0.717, 1.165) is 4.47 Å². The first-order chi connectivity index (χ1) is 8.88. The summed E-state index contributed by atoms with van der Waals surface area (Å²) in [5, 5.41) is 12.1. The summed E-state index contributed by atoms with van der Waals surface area (Å²) < 4.78 is 0.864. The molecule has 0 aliphatic carbocycles. The molecular weight excluding hydrogens is 310 g/mol. The number of nitrogens with zero attached hydrogens (tertiary/aromatic N) is 2. The molecular formula is C13H20BrN3O2. The maximum absolute atomic E-state index is 11.9. The molecule has 19 heavy (non-hydrogen) atoms. The van der Waals surface area contributed by atoms with Gasteiger partial charge in [-0.3, -0.25) is 9.69 Å². The summed E-state index contributed by atoms with van der Waals surface area (Å²) in [6.45, 7) is 6.41. The average molecular weight is 330 g/mol. The SMILES string of the molecule is CC(O)CN(CC(=O)Nc1ccc(Br)cn1)C(C)C. The summed E-state index contributed by atoms with van der Waals surface area (Å²) in [4.78, 5) is 17.9. The third-order valence-electron chi connectivity index (χ3n) is 2.57. The fraction of sp³-hybridized carbons (Fsp3) is 0.538. The van der Waals surface area contributed by atoms with Gasteiger partial charge in [0.2, 0.25) is 5.91 Å². The van der Waals surface area contributed by atoms with E-state index < -0.39 is 6.10 Å². The highest BCUT2D eigenvalue weighted by Crippen LogP contribution is 2.10. The van der Waals surface area contributed by atoms with E-state index in [1.54, 1.807) is 19.2 Å². The molecule has 1 heterocycles. The van der Waals surface area contributed by atoms with Crippen LogP contribution < -0.4 is 5.32 Å². The van der Waals surface area contributed by atoms with Crippen LogP contribution in [0.1, 0.15) is 20.8 Å². The highest BCUT2D eigenvalue weighted by molar-refractivity contribution is 9.10. The van der Waals surface area contributed by atoms with Gasteiger partial charge < -0.3 is 10.4 Å². The van der Waals surface area contributed by atoms with Crippen LogP contribution >= 0.6 is 15.9 Å².